The fraction of sp³-hybridized carbons (Fsp3) is 0.0698. The summed E-state index contributed by atoms with van der Waals surface area (Å²) in [6.07, 6.45) is 3.81. The van der Waals surface area contributed by atoms with Crippen molar-refractivity contribution in [3.05, 3.63) is 164 Å². The zero-order valence-corrected chi connectivity index (χ0v) is 32.0. The normalized spacial score (nSPS) is 12.5. The molecule has 0 bridgehead atoms. The smallest absolute Gasteiger partial charge is 0 e. The summed E-state index contributed by atoms with van der Waals surface area (Å²) in [5.41, 5.74) is 7.07. The second kappa shape index (κ2) is 14.9. The summed E-state index contributed by atoms with van der Waals surface area (Å²) < 4.78 is 43.7. The molecular formula is C43H34GeIrN2S-2. The van der Waals surface area contributed by atoms with E-state index in [2.05, 4.69) is 94.1 Å². The first-order valence-corrected chi connectivity index (χ1v) is 23.6. The maximum Gasteiger partial charge on any atom is 0 e. The minimum absolute atomic E-state index is 0. The summed E-state index contributed by atoms with van der Waals surface area (Å²) in [5, 5.41) is 2.14. The van der Waals surface area contributed by atoms with E-state index in [-0.39, 0.29) is 55.9 Å². The van der Waals surface area contributed by atoms with Crippen molar-refractivity contribution >= 4 is 49.2 Å². The third-order valence-corrected chi connectivity index (χ3v) is 13.4. The van der Waals surface area contributed by atoms with Gasteiger partial charge in [0.2, 0.25) is 0 Å². The fourth-order valence-corrected chi connectivity index (χ4v) is 8.83. The Morgan fingerprint density at radius 2 is 1.42 bits per heavy atom. The van der Waals surface area contributed by atoms with Crippen molar-refractivity contribution in [1.82, 2.24) is 9.97 Å². The van der Waals surface area contributed by atoms with Crippen LogP contribution in [0, 0.1) is 12.1 Å². The van der Waals surface area contributed by atoms with E-state index in [9.17, 15) is 0 Å². The maximum absolute atomic E-state index is 8.25. The van der Waals surface area contributed by atoms with Crippen LogP contribution in [0.25, 0.3) is 64.9 Å². The Hall–Kier alpha value is -4.19. The Kier molecular flexibility index (Phi) is 8.62. The molecule has 0 saturated carbocycles. The summed E-state index contributed by atoms with van der Waals surface area (Å²) in [7, 11) is 0. The van der Waals surface area contributed by atoms with Gasteiger partial charge in [-0.15, -0.1) is 23.8 Å². The van der Waals surface area contributed by atoms with Crippen LogP contribution >= 0.6 is 11.3 Å². The van der Waals surface area contributed by atoms with Gasteiger partial charge in [-0.05, 0) is 39.0 Å². The zero-order chi connectivity index (χ0) is 36.6. The molecule has 5 heteroatoms. The van der Waals surface area contributed by atoms with Crippen molar-refractivity contribution in [1.29, 1.82) is 0 Å². The molecule has 8 rings (SSSR count). The van der Waals surface area contributed by atoms with E-state index in [0.29, 0.717) is 5.56 Å². The number of pyridine rings is 2. The van der Waals surface area contributed by atoms with Crippen LogP contribution in [0.3, 0.4) is 0 Å². The first-order valence-electron chi connectivity index (χ1n) is 17.9. The minimum atomic E-state index is -1.79. The Morgan fingerprint density at radius 3 is 2.15 bits per heavy atom. The van der Waals surface area contributed by atoms with Gasteiger partial charge in [-0.3, -0.25) is 0 Å². The predicted molar refractivity (Wildman–Crippen MR) is 204 cm³/mol. The molecule has 0 aliphatic carbocycles. The number of rotatable bonds is 5. The molecule has 3 heterocycles. The molecule has 0 atom stereocenters. The SMILES string of the molecule is [2H]c1c([2H])c([2H])c(-c2ccc3c(c2)sc2c(-c4ccccn4)[c-]ccc23)c([2H])c1[2H].[CH3][Ge]([CH3])([CH3])[c]1ccc(-c2[c-]ccc(-c3ccccc3)c2)nc1.[Ir]. The van der Waals surface area contributed by atoms with Gasteiger partial charge in [-0.2, -0.15) is 11.3 Å². The van der Waals surface area contributed by atoms with E-state index in [4.69, 9.17) is 6.85 Å². The summed E-state index contributed by atoms with van der Waals surface area (Å²) in [6.45, 7) is 0. The van der Waals surface area contributed by atoms with E-state index in [1.807, 2.05) is 60.7 Å². The number of hydrogen-bond acceptors (Lipinski definition) is 3. The molecule has 0 aliphatic heterocycles. The average Bonchev–Trinajstić information content (AvgIpc) is 3.55. The largest absolute Gasteiger partial charge is 0 e. The molecular weight excluding hydrogens is 841 g/mol. The molecule has 0 unspecified atom stereocenters. The second-order valence-electron chi connectivity index (χ2n) is 12.2. The summed E-state index contributed by atoms with van der Waals surface area (Å²) in [5.74, 6) is 7.16. The number of thiophene rings is 1. The molecule has 5 aromatic carbocycles. The Balaban J connectivity index is 0.000000187. The summed E-state index contributed by atoms with van der Waals surface area (Å²) in [4.78, 5) is 9.12. The van der Waals surface area contributed by atoms with Gasteiger partial charge in [0.15, 0.2) is 0 Å². The Labute approximate surface area is 310 Å². The van der Waals surface area contributed by atoms with E-state index >= 15 is 0 Å². The third kappa shape index (κ3) is 7.43. The number of aromatic nitrogens is 2. The van der Waals surface area contributed by atoms with Gasteiger partial charge < -0.3 is 4.98 Å². The molecule has 0 spiro atoms. The number of fused-ring (bicyclic) bond motifs is 3. The predicted octanol–water partition coefficient (Wildman–Crippen LogP) is 11.3. The number of nitrogens with zero attached hydrogens (tertiary/aromatic N) is 2. The number of benzene rings is 5. The van der Waals surface area contributed by atoms with Crippen LogP contribution in [0.15, 0.2) is 152 Å². The van der Waals surface area contributed by atoms with E-state index in [1.165, 1.54) is 15.5 Å². The molecule has 8 aromatic rings. The van der Waals surface area contributed by atoms with Gasteiger partial charge in [0.25, 0.3) is 0 Å². The van der Waals surface area contributed by atoms with Gasteiger partial charge in [0, 0.05) is 31.0 Å². The monoisotopic (exact) mass is 882 g/mol. The standard InChI is InChI=1S/C23H14NS.C20H20GeN.Ir/c1-2-7-16(8-3-1)17-12-13-18-19-9-6-10-20(21-11-4-5-14-24-21)23(19)25-22(18)15-17;1-21(2,3)19-12-13-20(22-15-19)18-11-7-10-17(14-18)16-8-5-4-6-9-16;/h1-9,11-15H;4-10,12-15H,1-3H3;/q2*-1;/i1D,2D,3D,7D,8D;;. The quantitative estimate of drug-likeness (QED) is 0.127. The van der Waals surface area contributed by atoms with Crippen molar-refractivity contribution in [3.8, 4) is 44.8 Å². The van der Waals surface area contributed by atoms with Crippen LogP contribution < -0.4 is 4.40 Å². The molecule has 0 N–H and O–H groups in total. The molecule has 1 radical (unpaired) electrons. The van der Waals surface area contributed by atoms with Gasteiger partial charge in [-0.1, -0.05) is 59.9 Å². The zero-order valence-electron chi connectivity index (χ0n) is 31.7. The van der Waals surface area contributed by atoms with Crippen LogP contribution in [-0.2, 0) is 20.1 Å². The van der Waals surface area contributed by atoms with Crippen LogP contribution in [0.5, 0.6) is 0 Å². The summed E-state index contributed by atoms with van der Waals surface area (Å²) >= 11 is -0.200. The molecule has 0 fully saturated rings. The summed E-state index contributed by atoms with van der Waals surface area (Å²) in [6, 6.07) is 41.6. The molecule has 0 aliphatic rings. The van der Waals surface area contributed by atoms with Crippen molar-refractivity contribution in [2.45, 2.75) is 17.3 Å². The average molecular weight is 881 g/mol. The first kappa shape index (κ1) is 27.7. The van der Waals surface area contributed by atoms with Crippen molar-refractivity contribution in [3.63, 3.8) is 0 Å². The van der Waals surface area contributed by atoms with Crippen molar-refractivity contribution in [2.75, 3.05) is 0 Å². The van der Waals surface area contributed by atoms with E-state index < -0.39 is 13.3 Å². The van der Waals surface area contributed by atoms with Gasteiger partial charge in [-0.25, -0.2) is 0 Å². The van der Waals surface area contributed by atoms with Gasteiger partial charge >= 0.3 is 135 Å². The topological polar surface area (TPSA) is 25.8 Å². The maximum atomic E-state index is 8.25. The molecule has 48 heavy (non-hydrogen) atoms. The molecule has 3 aromatic heterocycles. The van der Waals surface area contributed by atoms with Crippen LogP contribution in [0.2, 0.25) is 17.3 Å². The van der Waals surface area contributed by atoms with Crippen molar-refractivity contribution in [2.24, 2.45) is 0 Å². The molecule has 0 saturated heterocycles. The Bertz CT molecular complexity index is 2530. The van der Waals surface area contributed by atoms with Crippen LogP contribution in [0.1, 0.15) is 6.85 Å². The van der Waals surface area contributed by atoms with Gasteiger partial charge in [0.1, 0.15) is 0 Å². The molecule has 0 amide bonds. The Morgan fingerprint density at radius 1 is 0.646 bits per heavy atom. The van der Waals surface area contributed by atoms with Crippen LogP contribution in [0.4, 0.5) is 0 Å². The van der Waals surface area contributed by atoms with Gasteiger partial charge in [0.05, 0.1) is 6.85 Å². The van der Waals surface area contributed by atoms with E-state index in [0.717, 1.165) is 42.7 Å². The van der Waals surface area contributed by atoms with E-state index in [1.54, 1.807) is 17.5 Å². The fourth-order valence-electron chi connectivity index (χ4n) is 5.41. The third-order valence-electron chi connectivity index (χ3n) is 7.96. The van der Waals surface area contributed by atoms with Crippen molar-refractivity contribution < 1.29 is 27.0 Å². The molecule has 237 valence electrons. The minimum Gasteiger partial charge on any atom is 0 e. The first-order chi connectivity index (χ1) is 25.0. The number of hydrogen-bond donors (Lipinski definition) is 0. The van der Waals surface area contributed by atoms with Crippen LogP contribution in [-0.4, -0.2) is 23.2 Å². The second-order valence-corrected chi connectivity index (χ2v) is 23.9. The molecule has 2 nitrogen and oxygen atoms in total.